The number of aromatic nitrogens is 2. The van der Waals surface area contributed by atoms with Gasteiger partial charge in [0.15, 0.2) is 0 Å². The van der Waals surface area contributed by atoms with Crippen molar-refractivity contribution in [3.05, 3.63) is 0 Å². The van der Waals surface area contributed by atoms with Crippen molar-refractivity contribution in [3.63, 3.8) is 0 Å². The molecule has 0 radical (unpaired) electrons. The molecular weight excluding hydrogens is 276 g/mol. The van der Waals surface area contributed by atoms with Crippen LogP contribution in [0.4, 0.5) is 5.13 Å². The molecule has 1 aromatic heterocycles. The van der Waals surface area contributed by atoms with Crippen LogP contribution in [-0.4, -0.2) is 47.2 Å². The number of hydrogen-bond donors (Lipinski definition) is 2. The van der Waals surface area contributed by atoms with Crippen molar-refractivity contribution in [3.8, 4) is 0 Å². The number of aliphatic hydroxyl groups excluding tert-OH is 1. The molecule has 9 heteroatoms. The highest BCUT2D eigenvalue weighted by molar-refractivity contribution is 7.91. The second kappa shape index (κ2) is 5.47. The summed E-state index contributed by atoms with van der Waals surface area (Å²) in [5, 5.41) is 16.2. The quantitative estimate of drug-likeness (QED) is 0.766. The molecule has 0 bridgehead atoms. The van der Waals surface area contributed by atoms with Crippen LogP contribution in [0.25, 0.3) is 0 Å². The van der Waals surface area contributed by atoms with Gasteiger partial charge in [0.05, 0.1) is 0 Å². The fourth-order valence-corrected chi connectivity index (χ4v) is 4.45. The van der Waals surface area contributed by atoms with E-state index < -0.39 is 10.0 Å². The van der Waals surface area contributed by atoms with Gasteiger partial charge < -0.3 is 10.8 Å². The molecule has 0 spiro atoms. The zero-order valence-electron chi connectivity index (χ0n) is 9.82. The molecule has 7 nitrogen and oxygen atoms in total. The van der Waals surface area contributed by atoms with Crippen molar-refractivity contribution in [1.82, 2.24) is 14.5 Å². The summed E-state index contributed by atoms with van der Waals surface area (Å²) in [4.78, 5) is 0. The second-order valence-corrected chi connectivity index (χ2v) is 7.26. The summed E-state index contributed by atoms with van der Waals surface area (Å²) in [5.74, 6) is 0. The fraction of sp³-hybridized carbons (Fsp3) is 0.778. The van der Waals surface area contributed by atoms with E-state index in [0.29, 0.717) is 13.0 Å². The Morgan fingerprint density at radius 1 is 1.44 bits per heavy atom. The van der Waals surface area contributed by atoms with E-state index in [4.69, 9.17) is 10.8 Å². The van der Waals surface area contributed by atoms with E-state index in [1.165, 1.54) is 4.31 Å². The molecule has 18 heavy (non-hydrogen) atoms. The Kier molecular flexibility index (Phi) is 4.15. The first kappa shape index (κ1) is 13.7. The highest BCUT2D eigenvalue weighted by Crippen LogP contribution is 2.31. The SMILES string of the molecule is Nc1nnc(S(=O)(=O)N(CCCO)C2CCC2)s1. The molecule has 0 unspecified atom stereocenters. The maximum absolute atomic E-state index is 12.4. The molecule has 3 N–H and O–H groups in total. The molecule has 0 amide bonds. The van der Waals surface area contributed by atoms with Crippen LogP contribution < -0.4 is 5.73 Å². The fourth-order valence-electron chi connectivity index (χ4n) is 1.83. The average Bonchev–Trinajstić information content (AvgIpc) is 2.68. The van der Waals surface area contributed by atoms with Crippen molar-refractivity contribution in [2.75, 3.05) is 18.9 Å². The second-order valence-electron chi connectivity index (χ2n) is 4.18. The highest BCUT2D eigenvalue weighted by atomic mass is 32.2. The third-order valence-electron chi connectivity index (χ3n) is 2.97. The minimum atomic E-state index is -3.63. The molecule has 1 fully saturated rings. The Morgan fingerprint density at radius 2 is 2.17 bits per heavy atom. The number of aliphatic hydroxyl groups is 1. The first-order chi connectivity index (χ1) is 8.55. The van der Waals surface area contributed by atoms with E-state index in [2.05, 4.69) is 10.2 Å². The van der Waals surface area contributed by atoms with Gasteiger partial charge in [0.25, 0.3) is 10.0 Å². The van der Waals surface area contributed by atoms with Gasteiger partial charge in [-0.15, -0.1) is 10.2 Å². The van der Waals surface area contributed by atoms with Crippen LogP contribution in [0.2, 0.25) is 0 Å². The summed E-state index contributed by atoms with van der Waals surface area (Å²) in [6, 6.07) is 0.0201. The van der Waals surface area contributed by atoms with Gasteiger partial charge >= 0.3 is 0 Å². The Balaban J connectivity index is 2.22. The lowest BCUT2D eigenvalue weighted by Gasteiger charge is -2.35. The monoisotopic (exact) mass is 292 g/mol. The Labute approximate surface area is 110 Å². The maximum atomic E-state index is 12.4. The molecule has 0 aromatic carbocycles. The lowest BCUT2D eigenvalue weighted by Crippen LogP contribution is -2.44. The van der Waals surface area contributed by atoms with Gasteiger partial charge in [-0.25, -0.2) is 8.42 Å². The third-order valence-corrected chi connectivity index (χ3v) is 6.02. The lowest BCUT2D eigenvalue weighted by atomic mass is 9.93. The number of sulfonamides is 1. The first-order valence-corrected chi connectivity index (χ1v) is 8.03. The standard InChI is InChI=1S/C9H16N4O3S2/c10-8-11-12-9(17-8)18(15,16)13(5-2-6-14)7-3-1-4-7/h7,14H,1-6H2,(H2,10,11). The maximum Gasteiger partial charge on any atom is 0.272 e. The highest BCUT2D eigenvalue weighted by Gasteiger charge is 2.36. The third kappa shape index (κ3) is 2.63. The number of hydrogen-bond acceptors (Lipinski definition) is 7. The molecule has 1 aliphatic rings. The van der Waals surface area contributed by atoms with Crippen molar-refractivity contribution in [1.29, 1.82) is 0 Å². The molecule has 0 saturated heterocycles. The van der Waals surface area contributed by atoms with Crippen molar-refractivity contribution < 1.29 is 13.5 Å². The summed E-state index contributed by atoms with van der Waals surface area (Å²) in [6.45, 7) is 0.278. The number of rotatable bonds is 6. The summed E-state index contributed by atoms with van der Waals surface area (Å²) in [6.07, 6.45) is 3.18. The van der Waals surface area contributed by atoms with Crippen LogP contribution in [0.5, 0.6) is 0 Å². The molecule has 1 saturated carbocycles. The summed E-state index contributed by atoms with van der Waals surface area (Å²) < 4.78 is 26.1. The van der Waals surface area contributed by atoms with Crippen molar-refractivity contribution in [2.24, 2.45) is 0 Å². The molecule has 1 aliphatic carbocycles. The Hall–Kier alpha value is -0.770. The van der Waals surface area contributed by atoms with Gasteiger partial charge in [0.1, 0.15) is 0 Å². The number of nitrogen functional groups attached to an aromatic ring is 1. The van der Waals surface area contributed by atoms with Crippen LogP contribution in [0.15, 0.2) is 4.34 Å². The molecule has 0 aliphatic heterocycles. The predicted molar refractivity (Wildman–Crippen MR) is 67.6 cm³/mol. The smallest absolute Gasteiger partial charge is 0.272 e. The van der Waals surface area contributed by atoms with E-state index in [-0.39, 0.29) is 22.1 Å². The molecule has 0 atom stereocenters. The topological polar surface area (TPSA) is 109 Å². The van der Waals surface area contributed by atoms with E-state index in [0.717, 1.165) is 30.6 Å². The molecule has 1 aromatic rings. The van der Waals surface area contributed by atoms with Gasteiger partial charge in [-0.3, -0.25) is 0 Å². The Morgan fingerprint density at radius 3 is 2.61 bits per heavy atom. The van der Waals surface area contributed by atoms with Crippen LogP contribution in [0.1, 0.15) is 25.7 Å². The Bertz CT molecular complexity index is 498. The van der Waals surface area contributed by atoms with E-state index in [1.54, 1.807) is 0 Å². The molecule has 1 heterocycles. The lowest BCUT2D eigenvalue weighted by molar-refractivity contribution is 0.198. The minimum Gasteiger partial charge on any atom is -0.396 e. The van der Waals surface area contributed by atoms with E-state index >= 15 is 0 Å². The first-order valence-electron chi connectivity index (χ1n) is 5.77. The predicted octanol–water partition coefficient (Wildman–Crippen LogP) is 0.0459. The van der Waals surface area contributed by atoms with Crippen LogP contribution in [0, 0.1) is 0 Å². The summed E-state index contributed by atoms with van der Waals surface area (Å²) in [5.41, 5.74) is 5.42. The largest absolute Gasteiger partial charge is 0.396 e. The normalized spacial score (nSPS) is 17.0. The van der Waals surface area contributed by atoms with E-state index in [1.807, 2.05) is 0 Å². The zero-order chi connectivity index (χ0) is 13.2. The van der Waals surface area contributed by atoms with Gasteiger partial charge in [0.2, 0.25) is 9.47 Å². The van der Waals surface area contributed by atoms with Gasteiger partial charge in [0, 0.05) is 19.2 Å². The van der Waals surface area contributed by atoms with Crippen LogP contribution in [-0.2, 0) is 10.0 Å². The van der Waals surface area contributed by atoms with Gasteiger partial charge in [-0.2, -0.15) is 4.31 Å². The molecule has 2 rings (SSSR count). The van der Waals surface area contributed by atoms with Crippen molar-refractivity contribution >= 4 is 26.5 Å². The van der Waals surface area contributed by atoms with Crippen LogP contribution in [0.3, 0.4) is 0 Å². The van der Waals surface area contributed by atoms with E-state index in [9.17, 15) is 8.42 Å². The van der Waals surface area contributed by atoms with Gasteiger partial charge in [-0.1, -0.05) is 17.8 Å². The minimum absolute atomic E-state index is 0.0201. The van der Waals surface area contributed by atoms with Crippen LogP contribution >= 0.6 is 11.3 Å². The summed E-state index contributed by atoms with van der Waals surface area (Å²) >= 11 is 0.872. The molecule has 102 valence electrons. The molecular formula is C9H16N4O3S2. The van der Waals surface area contributed by atoms with Gasteiger partial charge in [-0.05, 0) is 19.3 Å². The number of nitrogens with zero attached hydrogens (tertiary/aromatic N) is 3. The summed E-state index contributed by atoms with van der Waals surface area (Å²) in [7, 11) is -3.63. The number of nitrogens with two attached hydrogens (primary N) is 1. The average molecular weight is 292 g/mol. The number of anilines is 1. The zero-order valence-corrected chi connectivity index (χ0v) is 11.5. The van der Waals surface area contributed by atoms with Crippen molar-refractivity contribution in [2.45, 2.75) is 36.1 Å².